The van der Waals surface area contributed by atoms with E-state index in [0.29, 0.717) is 0 Å². The first-order chi connectivity index (χ1) is 9.06. The molecule has 0 fully saturated rings. The smallest absolute Gasteiger partial charge is 0.266 e. The zero-order valence-electron chi connectivity index (χ0n) is 11.3. The van der Waals surface area contributed by atoms with E-state index in [-0.39, 0.29) is 11.5 Å². The molecule has 0 saturated carbocycles. The van der Waals surface area contributed by atoms with Gasteiger partial charge in [0.2, 0.25) is 0 Å². The number of rotatable bonds is 9. The Morgan fingerprint density at radius 2 is 1.58 bits per heavy atom. The molecule has 5 heteroatoms. The predicted octanol–water partition coefficient (Wildman–Crippen LogP) is 4.51. The molecule has 0 spiro atoms. The monoisotopic (exact) mass is 348 g/mol. The van der Waals surface area contributed by atoms with Gasteiger partial charge >= 0.3 is 0 Å². The maximum absolute atomic E-state index is 11.8. The first kappa shape index (κ1) is 16.7. The fourth-order valence-corrected chi connectivity index (χ4v) is 2.93. The average Bonchev–Trinajstić information content (AvgIpc) is 2.38. The maximum atomic E-state index is 11.8. The molecule has 0 aliphatic carbocycles. The Morgan fingerprint density at radius 3 is 2.21 bits per heavy atom. The summed E-state index contributed by atoms with van der Waals surface area (Å²) in [5.74, 6) is 0. The fraction of sp³-hybridized carbons (Fsp3) is 0.571. The summed E-state index contributed by atoms with van der Waals surface area (Å²) in [6.45, 7) is 2.44. The Kier molecular flexibility index (Phi) is 7.64. The Balaban J connectivity index is 2.29. The van der Waals surface area contributed by atoms with Gasteiger partial charge in [-0.15, -0.1) is 0 Å². The Bertz CT molecular complexity index is 454. The van der Waals surface area contributed by atoms with Gasteiger partial charge in [0.05, 0.1) is 11.5 Å². The average molecular weight is 349 g/mol. The van der Waals surface area contributed by atoms with Gasteiger partial charge in [-0.3, -0.25) is 4.18 Å². The van der Waals surface area contributed by atoms with Crippen molar-refractivity contribution in [1.82, 2.24) is 0 Å². The zero-order valence-corrected chi connectivity index (χ0v) is 13.7. The number of halogens is 1. The lowest BCUT2D eigenvalue weighted by Gasteiger charge is -2.05. The Morgan fingerprint density at radius 1 is 1.00 bits per heavy atom. The highest BCUT2D eigenvalue weighted by Gasteiger charge is 2.14. The quantitative estimate of drug-likeness (QED) is 0.486. The van der Waals surface area contributed by atoms with Gasteiger partial charge in [0, 0.05) is 4.47 Å². The second kappa shape index (κ2) is 8.72. The summed E-state index contributed by atoms with van der Waals surface area (Å²) in [7, 11) is -3.60. The van der Waals surface area contributed by atoms with Crippen molar-refractivity contribution < 1.29 is 12.6 Å². The number of unbranched alkanes of at least 4 members (excludes halogenated alkanes) is 5. The van der Waals surface area contributed by atoms with Crippen LogP contribution in [0.3, 0.4) is 0 Å². The van der Waals surface area contributed by atoms with Crippen LogP contribution in [0, 0.1) is 0 Å². The van der Waals surface area contributed by atoms with E-state index < -0.39 is 10.1 Å². The van der Waals surface area contributed by atoms with Crippen molar-refractivity contribution in [3.63, 3.8) is 0 Å². The van der Waals surface area contributed by atoms with Gasteiger partial charge in [0.25, 0.3) is 10.1 Å². The van der Waals surface area contributed by atoms with Crippen LogP contribution in [0.25, 0.3) is 0 Å². The first-order valence-electron chi connectivity index (χ1n) is 6.71. The van der Waals surface area contributed by atoms with Gasteiger partial charge in [0.15, 0.2) is 0 Å². The molecule has 3 nitrogen and oxygen atoms in total. The van der Waals surface area contributed by atoms with Gasteiger partial charge in [-0.05, 0) is 30.7 Å². The maximum Gasteiger partial charge on any atom is 0.296 e. The van der Waals surface area contributed by atoms with E-state index in [9.17, 15) is 8.42 Å². The number of benzene rings is 1. The minimum Gasteiger partial charge on any atom is -0.266 e. The summed E-state index contributed by atoms with van der Waals surface area (Å²) in [4.78, 5) is 0.210. The molecular formula is C14H21BrO3S. The third kappa shape index (κ3) is 6.54. The predicted molar refractivity (Wildman–Crippen MR) is 80.7 cm³/mol. The Hall–Kier alpha value is -0.390. The molecule has 1 aromatic carbocycles. The zero-order chi connectivity index (χ0) is 14.1. The van der Waals surface area contributed by atoms with E-state index in [0.717, 1.165) is 23.7 Å². The van der Waals surface area contributed by atoms with Crippen LogP contribution in [-0.2, 0) is 14.3 Å². The summed E-state index contributed by atoms with van der Waals surface area (Å²) in [5, 5.41) is 0. The Labute approximate surface area is 124 Å². The third-order valence-corrected chi connectivity index (χ3v) is 4.69. The highest BCUT2D eigenvalue weighted by atomic mass is 79.9. The van der Waals surface area contributed by atoms with Crippen LogP contribution in [0.2, 0.25) is 0 Å². The van der Waals surface area contributed by atoms with Gasteiger partial charge in [0.1, 0.15) is 0 Å². The normalized spacial score (nSPS) is 11.7. The molecule has 108 valence electrons. The molecule has 0 radical (unpaired) electrons. The second-order valence-electron chi connectivity index (χ2n) is 4.50. The summed E-state index contributed by atoms with van der Waals surface area (Å²) < 4.78 is 29.6. The van der Waals surface area contributed by atoms with Crippen molar-refractivity contribution in [2.24, 2.45) is 0 Å². The summed E-state index contributed by atoms with van der Waals surface area (Å²) in [5.41, 5.74) is 0. The highest BCUT2D eigenvalue weighted by molar-refractivity contribution is 9.10. The molecule has 0 N–H and O–H groups in total. The summed E-state index contributed by atoms with van der Waals surface area (Å²) in [6, 6.07) is 6.48. The van der Waals surface area contributed by atoms with Crippen molar-refractivity contribution in [2.75, 3.05) is 6.61 Å². The molecule has 0 aromatic heterocycles. The largest absolute Gasteiger partial charge is 0.296 e. The van der Waals surface area contributed by atoms with E-state index in [2.05, 4.69) is 22.9 Å². The molecule has 1 rings (SSSR count). The molecule has 0 bridgehead atoms. The fourth-order valence-electron chi connectivity index (χ4n) is 1.72. The van der Waals surface area contributed by atoms with Gasteiger partial charge in [-0.2, -0.15) is 8.42 Å². The van der Waals surface area contributed by atoms with Gasteiger partial charge < -0.3 is 0 Å². The van der Waals surface area contributed by atoms with Crippen LogP contribution in [0.1, 0.15) is 45.4 Å². The molecule has 0 heterocycles. The van der Waals surface area contributed by atoms with Crippen LogP contribution in [0.15, 0.2) is 33.6 Å². The number of hydrogen-bond acceptors (Lipinski definition) is 3. The van der Waals surface area contributed by atoms with E-state index in [4.69, 9.17) is 4.18 Å². The SMILES string of the molecule is CCCCCCCCOS(=O)(=O)c1ccc(Br)cc1. The minimum atomic E-state index is -3.60. The molecule has 0 aliphatic rings. The van der Waals surface area contributed by atoms with Crippen LogP contribution < -0.4 is 0 Å². The van der Waals surface area contributed by atoms with Crippen LogP contribution in [0.4, 0.5) is 0 Å². The van der Waals surface area contributed by atoms with Crippen LogP contribution in [-0.4, -0.2) is 15.0 Å². The first-order valence-corrected chi connectivity index (χ1v) is 8.91. The molecule has 0 saturated heterocycles. The van der Waals surface area contributed by atoms with Crippen LogP contribution >= 0.6 is 15.9 Å². The molecule has 0 amide bonds. The number of hydrogen-bond donors (Lipinski definition) is 0. The van der Waals surface area contributed by atoms with Crippen molar-refractivity contribution in [3.05, 3.63) is 28.7 Å². The van der Waals surface area contributed by atoms with Crippen molar-refractivity contribution in [1.29, 1.82) is 0 Å². The minimum absolute atomic E-state index is 0.210. The molecule has 0 aliphatic heterocycles. The standard InChI is InChI=1S/C14H21BrO3S/c1-2-3-4-5-6-7-12-18-19(16,17)14-10-8-13(15)9-11-14/h8-11H,2-7,12H2,1H3. The molecule has 19 heavy (non-hydrogen) atoms. The van der Waals surface area contributed by atoms with E-state index in [1.807, 2.05) is 0 Å². The van der Waals surface area contributed by atoms with Crippen molar-refractivity contribution in [3.8, 4) is 0 Å². The molecule has 1 aromatic rings. The lowest BCUT2D eigenvalue weighted by molar-refractivity contribution is 0.306. The van der Waals surface area contributed by atoms with E-state index >= 15 is 0 Å². The summed E-state index contributed by atoms with van der Waals surface area (Å²) in [6.07, 6.45) is 6.65. The lowest BCUT2D eigenvalue weighted by Crippen LogP contribution is -2.07. The van der Waals surface area contributed by atoms with Gasteiger partial charge in [-0.1, -0.05) is 55.0 Å². The summed E-state index contributed by atoms with van der Waals surface area (Å²) >= 11 is 3.27. The molecule has 0 atom stereocenters. The lowest BCUT2D eigenvalue weighted by atomic mass is 10.1. The van der Waals surface area contributed by atoms with E-state index in [1.54, 1.807) is 24.3 Å². The molecular weight excluding hydrogens is 328 g/mol. The third-order valence-electron chi connectivity index (χ3n) is 2.84. The highest BCUT2D eigenvalue weighted by Crippen LogP contribution is 2.17. The molecule has 0 unspecified atom stereocenters. The topological polar surface area (TPSA) is 43.4 Å². The van der Waals surface area contributed by atoms with E-state index in [1.165, 1.54) is 19.3 Å². The van der Waals surface area contributed by atoms with Gasteiger partial charge in [-0.25, -0.2) is 0 Å². The van der Waals surface area contributed by atoms with Crippen LogP contribution in [0.5, 0.6) is 0 Å². The van der Waals surface area contributed by atoms with Crippen molar-refractivity contribution in [2.45, 2.75) is 50.3 Å². The van der Waals surface area contributed by atoms with Crippen molar-refractivity contribution >= 4 is 26.0 Å². The second-order valence-corrected chi connectivity index (χ2v) is 7.03.